The van der Waals surface area contributed by atoms with Crippen LogP contribution in [0.15, 0.2) is 12.3 Å². The van der Waals surface area contributed by atoms with Crippen molar-refractivity contribution in [2.24, 2.45) is 7.05 Å². The van der Waals surface area contributed by atoms with Crippen LogP contribution in [0.1, 0.15) is 19.5 Å². The number of aromatic nitrogens is 2. The Morgan fingerprint density at radius 1 is 1.53 bits per heavy atom. The summed E-state index contributed by atoms with van der Waals surface area (Å²) in [4.78, 5) is 0. The number of thioether (sulfide) groups is 1. The minimum atomic E-state index is 0.521. The van der Waals surface area contributed by atoms with Gasteiger partial charge in [0, 0.05) is 31.5 Å². The molecule has 1 N–H and O–H groups in total. The van der Waals surface area contributed by atoms with Crippen molar-refractivity contribution in [3.63, 3.8) is 0 Å². The van der Waals surface area contributed by atoms with Crippen molar-refractivity contribution in [2.45, 2.75) is 31.6 Å². The van der Waals surface area contributed by atoms with E-state index >= 15 is 0 Å². The van der Waals surface area contributed by atoms with Gasteiger partial charge >= 0.3 is 0 Å². The third-order valence-electron chi connectivity index (χ3n) is 2.26. The van der Waals surface area contributed by atoms with Crippen molar-refractivity contribution in [2.75, 3.05) is 12.8 Å². The average molecular weight is 227 g/mol. The highest BCUT2D eigenvalue weighted by Crippen LogP contribution is 2.12. The maximum atomic E-state index is 4.39. The molecule has 0 aliphatic carbocycles. The van der Waals surface area contributed by atoms with Crippen LogP contribution in [0, 0.1) is 0 Å². The summed E-state index contributed by atoms with van der Waals surface area (Å²) in [5.74, 6) is 1.14. The molecule has 1 rings (SSSR count). The van der Waals surface area contributed by atoms with Crippen LogP contribution in [-0.4, -0.2) is 33.9 Å². The number of hydrogen-bond acceptors (Lipinski definition) is 3. The highest BCUT2D eigenvalue weighted by molar-refractivity contribution is 7.99. The molecule has 0 bridgehead atoms. The number of aryl methyl sites for hydroxylation is 1. The minimum Gasteiger partial charge on any atom is -0.316 e. The van der Waals surface area contributed by atoms with Crippen LogP contribution in [-0.2, 0) is 13.5 Å². The number of likely N-dealkylation sites (N-methyl/N-ethyl adjacent to an activating group) is 1. The summed E-state index contributed by atoms with van der Waals surface area (Å²) in [7, 11) is 3.98. The van der Waals surface area contributed by atoms with Gasteiger partial charge in [-0.1, -0.05) is 13.8 Å². The minimum absolute atomic E-state index is 0.521. The number of hydrogen-bond donors (Lipinski definition) is 1. The van der Waals surface area contributed by atoms with Crippen LogP contribution in [0.5, 0.6) is 0 Å². The first kappa shape index (κ1) is 12.6. The van der Waals surface area contributed by atoms with E-state index in [4.69, 9.17) is 0 Å². The molecule has 0 radical (unpaired) electrons. The Morgan fingerprint density at radius 3 is 2.73 bits per heavy atom. The van der Waals surface area contributed by atoms with E-state index in [-0.39, 0.29) is 0 Å². The lowest BCUT2D eigenvalue weighted by Gasteiger charge is -2.15. The average Bonchev–Trinajstić information content (AvgIpc) is 2.58. The number of rotatable bonds is 6. The summed E-state index contributed by atoms with van der Waals surface area (Å²) >= 11 is 1.99. The van der Waals surface area contributed by atoms with Crippen LogP contribution in [0.2, 0.25) is 0 Å². The Balaban J connectivity index is 2.39. The maximum absolute atomic E-state index is 4.39. The van der Waals surface area contributed by atoms with Crippen molar-refractivity contribution in [3.8, 4) is 0 Å². The summed E-state index contributed by atoms with van der Waals surface area (Å²) in [6, 6.07) is 2.61. The fourth-order valence-corrected chi connectivity index (χ4v) is 2.28. The smallest absolute Gasteiger partial charge is 0.0640 e. The quantitative estimate of drug-likeness (QED) is 0.802. The molecule has 1 unspecified atom stereocenters. The molecule has 1 atom stereocenters. The van der Waals surface area contributed by atoms with E-state index in [2.05, 4.69) is 30.3 Å². The van der Waals surface area contributed by atoms with Gasteiger partial charge in [-0.2, -0.15) is 16.9 Å². The molecule has 0 saturated carbocycles. The van der Waals surface area contributed by atoms with Gasteiger partial charge in [0.15, 0.2) is 0 Å². The molecule has 0 aliphatic heterocycles. The molecule has 0 amide bonds. The number of nitrogens with one attached hydrogen (secondary N) is 1. The van der Waals surface area contributed by atoms with Gasteiger partial charge in [-0.25, -0.2) is 0 Å². The standard InChI is InChI=1S/C11H21N3S/c1-9(2)15-8-11(12-3)7-10-5-6-14(4)13-10/h5-6,9,11-12H,7-8H2,1-4H3. The lowest BCUT2D eigenvalue weighted by atomic mass is 10.2. The van der Waals surface area contributed by atoms with Crippen LogP contribution >= 0.6 is 11.8 Å². The summed E-state index contributed by atoms with van der Waals surface area (Å²) < 4.78 is 1.86. The highest BCUT2D eigenvalue weighted by atomic mass is 32.2. The molecule has 0 spiro atoms. The third-order valence-corrected chi connectivity index (χ3v) is 3.52. The molecule has 1 aromatic heterocycles. The summed E-state index contributed by atoms with van der Waals surface area (Å²) in [5.41, 5.74) is 1.17. The Kier molecular flexibility index (Phi) is 5.19. The van der Waals surface area contributed by atoms with Crippen molar-refractivity contribution in [3.05, 3.63) is 18.0 Å². The highest BCUT2D eigenvalue weighted by Gasteiger charge is 2.10. The summed E-state index contributed by atoms with van der Waals surface area (Å²) in [5, 5.41) is 8.44. The lowest BCUT2D eigenvalue weighted by Crippen LogP contribution is -2.30. The van der Waals surface area contributed by atoms with Gasteiger partial charge < -0.3 is 5.32 Å². The van der Waals surface area contributed by atoms with Gasteiger partial charge in [0.05, 0.1) is 5.69 Å². The summed E-state index contributed by atoms with van der Waals surface area (Å²) in [6.07, 6.45) is 3.01. The molecule has 0 saturated heterocycles. The molecule has 86 valence electrons. The Morgan fingerprint density at radius 2 is 2.27 bits per heavy atom. The van der Waals surface area contributed by atoms with Gasteiger partial charge in [0.25, 0.3) is 0 Å². The predicted molar refractivity (Wildman–Crippen MR) is 67.4 cm³/mol. The Bertz CT molecular complexity index is 283. The first-order valence-electron chi connectivity index (χ1n) is 5.39. The zero-order valence-corrected chi connectivity index (χ0v) is 10.8. The molecule has 0 aromatic carbocycles. The molecule has 1 aromatic rings. The van der Waals surface area contributed by atoms with E-state index in [0.717, 1.165) is 12.2 Å². The van der Waals surface area contributed by atoms with Crippen LogP contribution < -0.4 is 5.32 Å². The molecular weight excluding hydrogens is 206 g/mol. The molecule has 4 heteroatoms. The van der Waals surface area contributed by atoms with Gasteiger partial charge in [0.1, 0.15) is 0 Å². The largest absolute Gasteiger partial charge is 0.316 e. The SMILES string of the molecule is CNC(CSC(C)C)Cc1ccn(C)n1. The molecule has 15 heavy (non-hydrogen) atoms. The van der Waals surface area contributed by atoms with E-state index in [9.17, 15) is 0 Å². The zero-order chi connectivity index (χ0) is 11.3. The lowest BCUT2D eigenvalue weighted by molar-refractivity contribution is 0.599. The van der Waals surface area contributed by atoms with E-state index in [1.165, 1.54) is 5.69 Å². The predicted octanol–water partition coefficient (Wildman–Crippen LogP) is 1.69. The van der Waals surface area contributed by atoms with Crippen molar-refractivity contribution in [1.29, 1.82) is 0 Å². The van der Waals surface area contributed by atoms with Gasteiger partial charge in [-0.15, -0.1) is 0 Å². The van der Waals surface area contributed by atoms with Gasteiger partial charge in [0.2, 0.25) is 0 Å². The maximum Gasteiger partial charge on any atom is 0.0640 e. The second-order valence-corrected chi connectivity index (χ2v) is 5.66. The molecule has 1 heterocycles. The van der Waals surface area contributed by atoms with Gasteiger partial charge in [-0.05, 0) is 18.4 Å². The van der Waals surface area contributed by atoms with Crippen molar-refractivity contribution in [1.82, 2.24) is 15.1 Å². The van der Waals surface area contributed by atoms with E-state index in [1.54, 1.807) is 0 Å². The van der Waals surface area contributed by atoms with E-state index < -0.39 is 0 Å². The molecule has 0 fully saturated rings. The second kappa shape index (κ2) is 6.18. The monoisotopic (exact) mass is 227 g/mol. The second-order valence-electron chi connectivity index (χ2n) is 4.05. The fourth-order valence-electron chi connectivity index (χ4n) is 1.38. The first-order chi connectivity index (χ1) is 7.11. The van der Waals surface area contributed by atoms with Gasteiger partial charge in [-0.3, -0.25) is 4.68 Å². The Hall–Kier alpha value is -0.480. The van der Waals surface area contributed by atoms with Crippen LogP contribution in [0.3, 0.4) is 0 Å². The number of nitrogens with zero attached hydrogens (tertiary/aromatic N) is 2. The van der Waals surface area contributed by atoms with Crippen molar-refractivity contribution >= 4 is 11.8 Å². The molecule has 0 aliphatic rings. The summed E-state index contributed by atoms with van der Waals surface area (Å²) in [6.45, 7) is 4.47. The fraction of sp³-hybridized carbons (Fsp3) is 0.727. The van der Waals surface area contributed by atoms with E-state index in [0.29, 0.717) is 11.3 Å². The Labute approximate surface area is 96.6 Å². The first-order valence-corrected chi connectivity index (χ1v) is 6.44. The third kappa shape index (κ3) is 4.71. The van der Waals surface area contributed by atoms with Crippen molar-refractivity contribution < 1.29 is 0 Å². The van der Waals surface area contributed by atoms with E-state index in [1.807, 2.05) is 36.7 Å². The zero-order valence-electron chi connectivity index (χ0n) is 10.0. The molecule has 3 nitrogen and oxygen atoms in total. The topological polar surface area (TPSA) is 29.9 Å². The normalized spacial score (nSPS) is 13.4. The molecular formula is C11H21N3S. The van der Waals surface area contributed by atoms with Crippen LogP contribution in [0.4, 0.5) is 0 Å². The van der Waals surface area contributed by atoms with Crippen LogP contribution in [0.25, 0.3) is 0 Å².